The van der Waals surface area contributed by atoms with Crippen LogP contribution in [0.1, 0.15) is 95.0 Å². The highest BCUT2D eigenvalue weighted by molar-refractivity contribution is 5.97. The number of aromatic amines is 1. The second-order valence-electron chi connectivity index (χ2n) is 15.5. The molecule has 8 nitrogen and oxygen atoms in total. The molecule has 2 aromatic carbocycles. The number of carbonyl (C=O) groups excluding carboxylic acids is 4. The zero-order chi connectivity index (χ0) is 39.2. The third-order valence-electron chi connectivity index (χ3n) is 12.0. The largest absolute Gasteiger partial charge is 0.418 e. The normalized spacial score (nSPS) is 20.1. The molecule has 2 unspecified atom stereocenters. The van der Waals surface area contributed by atoms with E-state index in [-0.39, 0.29) is 97.3 Å². The molecule has 3 N–H and O–H groups in total. The number of amides is 2. The lowest BCUT2D eigenvalue weighted by Crippen LogP contribution is -2.60. The van der Waals surface area contributed by atoms with E-state index in [0.29, 0.717) is 49.1 Å². The van der Waals surface area contributed by atoms with E-state index < -0.39 is 34.9 Å². The number of Topliss-reactive ketones (excluding diaryl/α,β-unsaturated/α-hetero) is 2. The first-order valence-corrected chi connectivity index (χ1v) is 19.3. The lowest BCUT2D eigenvalue weighted by molar-refractivity contribution is -0.138. The third kappa shape index (κ3) is 9.41. The first-order chi connectivity index (χ1) is 25.7. The summed E-state index contributed by atoms with van der Waals surface area (Å²) in [5.41, 5.74) is -0.995. The summed E-state index contributed by atoms with van der Waals surface area (Å²) in [6, 6.07) is 9.95. The quantitative estimate of drug-likeness (QED) is 0.130. The SMILES string of the molecule is CCC(C)[C@@H](CNC(=O)C1CCOCC1)CC(=O)[C@@]1(NC(=O)[C@@H](CC(=O)Cc2ccccc2F)C(C)CC)CCc2[nH]c3c(C(F)(F)F)cccc3c2C1. The van der Waals surface area contributed by atoms with Crippen molar-refractivity contribution in [2.24, 2.45) is 29.6 Å². The van der Waals surface area contributed by atoms with Crippen LogP contribution in [-0.4, -0.2) is 53.7 Å². The summed E-state index contributed by atoms with van der Waals surface area (Å²) in [5, 5.41) is 6.50. The maximum Gasteiger partial charge on any atom is 0.418 e. The molecule has 1 aromatic heterocycles. The van der Waals surface area contributed by atoms with Crippen LogP contribution in [-0.2, 0) is 49.4 Å². The first-order valence-electron chi connectivity index (χ1n) is 19.3. The van der Waals surface area contributed by atoms with Crippen molar-refractivity contribution in [1.29, 1.82) is 0 Å². The Labute approximate surface area is 314 Å². The number of para-hydroxylation sites is 1. The van der Waals surface area contributed by atoms with Gasteiger partial charge in [-0.2, -0.15) is 13.2 Å². The molecule has 5 rings (SSSR count). The molecule has 2 heterocycles. The number of alkyl halides is 3. The van der Waals surface area contributed by atoms with Gasteiger partial charge in [0.25, 0.3) is 0 Å². The van der Waals surface area contributed by atoms with Gasteiger partial charge in [-0.15, -0.1) is 0 Å². The standard InChI is InChI=1S/C42H53F4N3O5/c1-5-25(3)29(24-47-39(52)27-15-18-54-19-16-27)21-37(51)41(17-14-36-33(23-41)31-11-9-12-34(38(31)48-36)42(44,45)46)49-40(53)32(26(4)6-2)22-30(50)20-28-10-7-8-13-35(28)43/h7-13,25-27,29,32,48H,5-6,14-24H2,1-4H3,(H,47,52)(H,49,53)/t25?,26?,29-,32+,41-/m1/s1. The van der Waals surface area contributed by atoms with Gasteiger partial charge in [-0.25, -0.2) is 4.39 Å². The van der Waals surface area contributed by atoms with E-state index in [4.69, 9.17) is 4.74 Å². The van der Waals surface area contributed by atoms with Crippen molar-refractivity contribution < 1.29 is 41.5 Å². The first kappa shape index (κ1) is 41.1. The van der Waals surface area contributed by atoms with Gasteiger partial charge in [0, 0.05) is 68.4 Å². The molecule has 1 fully saturated rings. The molecule has 1 aliphatic carbocycles. The Morgan fingerprint density at radius 2 is 1.67 bits per heavy atom. The summed E-state index contributed by atoms with van der Waals surface area (Å²) in [5.74, 6) is -3.18. The molecule has 54 heavy (non-hydrogen) atoms. The Kier molecular flexibility index (Phi) is 13.4. The lowest BCUT2D eigenvalue weighted by atomic mass is 9.72. The molecule has 0 radical (unpaired) electrons. The molecule has 0 spiro atoms. The smallest absolute Gasteiger partial charge is 0.381 e. The number of benzene rings is 2. The molecular formula is C42H53F4N3O5. The minimum absolute atomic E-state index is 0.0229. The number of nitrogens with one attached hydrogen (secondary N) is 3. The minimum Gasteiger partial charge on any atom is -0.381 e. The molecule has 5 atom stereocenters. The van der Waals surface area contributed by atoms with Gasteiger partial charge in [-0.1, -0.05) is 70.9 Å². The summed E-state index contributed by atoms with van der Waals surface area (Å²) < 4.78 is 62.1. The number of ketones is 2. The summed E-state index contributed by atoms with van der Waals surface area (Å²) >= 11 is 0. The van der Waals surface area contributed by atoms with Gasteiger partial charge in [-0.05, 0) is 66.7 Å². The van der Waals surface area contributed by atoms with Crippen LogP contribution in [0.25, 0.3) is 10.9 Å². The van der Waals surface area contributed by atoms with Crippen molar-refractivity contribution in [3.63, 3.8) is 0 Å². The van der Waals surface area contributed by atoms with Crippen LogP contribution >= 0.6 is 0 Å². The van der Waals surface area contributed by atoms with Crippen LogP contribution in [0.2, 0.25) is 0 Å². The lowest BCUT2D eigenvalue weighted by Gasteiger charge is -2.40. The summed E-state index contributed by atoms with van der Waals surface area (Å²) in [6.45, 7) is 9.06. The van der Waals surface area contributed by atoms with Crippen molar-refractivity contribution in [1.82, 2.24) is 15.6 Å². The molecule has 2 amide bonds. The number of carbonyl (C=O) groups is 4. The van der Waals surface area contributed by atoms with E-state index >= 15 is 0 Å². The highest BCUT2D eigenvalue weighted by atomic mass is 19.4. The highest BCUT2D eigenvalue weighted by Crippen LogP contribution is 2.41. The average molecular weight is 756 g/mol. The Balaban J connectivity index is 1.46. The van der Waals surface area contributed by atoms with Crippen molar-refractivity contribution in [3.05, 3.63) is 70.7 Å². The number of halogens is 4. The number of aryl methyl sites for hydroxylation is 1. The summed E-state index contributed by atoms with van der Waals surface area (Å²) in [7, 11) is 0. The van der Waals surface area contributed by atoms with Crippen molar-refractivity contribution >= 4 is 34.3 Å². The van der Waals surface area contributed by atoms with E-state index in [0.717, 1.165) is 12.5 Å². The Bertz CT molecular complexity index is 1820. The van der Waals surface area contributed by atoms with E-state index in [1.807, 2.05) is 27.7 Å². The second-order valence-corrected chi connectivity index (χ2v) is 15.5. The molecule has 3 aromatic rings. The predicted molar refractivity (Wildman–Crippen MR) is 198 cm³/mol. The Morgan fingerprint density at radius 1 is 0.963 bits per heavy atom. The van der Waals surface area contributed by atoms with Crippen LogP contribution in [0.15, 0.2) is 42.5 Å². The molecule has 1 saturated heterocycles. The number of fused-ring (bicyclic) bond motifs is 3. The van der Waals surface area contributed by atoms with Gasteiger partial charge in [0.05, 0.1) is 11.1 Å². The second kappa shape index (κ2) is 17.6. The van der Waals surface area contributed by atoms with Crippen molar-refractivity contribution in [2.45, 2.75) is 104 Å². The topological polar surface area (TPSA) is 117 Å². The van der Waals surface area contributed by atoms with Crippen LogP contribution in [0.3, 0.4) is 0 Å². The van der Waals surface area contributed by atoms with Gasteiger partial charge in [0.15, 0.2) is 5.78 Å². The Morgan fingerprint density at radius 3 is 2.33 bits per heavy atom. The molecular weight excluding hydrogens is 702 g/mol. The van der Waals surface area contributed by atoms with Gasteiger partial charge in [0.1, 0.15) is 17.1 Å². The molecule has 0 bridgehead atoms. The number of aromatic nitrogens is 1. The van der Waals surface area contributed by atoms with Gasteiger partial charge >= 0.3 is 6.18 Å². The molecule has 2 aliphatic rings. The van der Waals surface area contributed by atoms with E-state index in [2.05, 4.69) is 15.6 Å². The third-order valence-corrected chi connectivity index (χ3v) is 12.0. The number of rotatable bonds is 16. The van der Waals surface area contributed by atoms with Gasteiger partial charge in [-0.3, -0.25) is 19.2 Å². The summed E-state index contributed by atoms with van der Waals surface area (Å²) in [4.78, 5) is 58.7. The van der Waals surface area contributed by atoms with Gasteiger partial charge < -0.3 is 20.4 Å². The fraction of sp³-hybridized carbons (Fsp3) is 0.571. The zero-order valence-electron chi connectivity index (χ0n) is 31.7. The predicted octanol–water partition coefficient (Wildman–Crippen LogP) is 7.70. The van der Waals surface area contributed by atoms with E-state index in [1.165, 1.54) is 24.3 Å². The maximum atomic E-state index is 14.8. The van der Waals surface area contributed by atoms with Crippen molar-refractivity contribution in [3.8, 4) is 0 Å². The van der Waals surface area contributed by atoms with Crippen LogP contribution < -0.4 is 10.6 Å². The van der Waals surface area contributed by atoms with Crippen LogP contribution in [0.4, 0.5) is 17.6 Å². The number of H-pyrrole nitrogens is 1. The van der Waals surface area contributed by atoms with Gasteiger partial charge in [0.2, 0.25) is 11.8 Å². The number of ether oxygens (including phenoxy) is 1. The molecule has 294 valence electrons. The fourth-order valence-electron chi connectivity index (χ4n) is 8.04. The van der Waals surface area contributed by atoms with E-state index in [1.54, 1.807) is 12.1 Å². The summed E-state index contributed by atoms with van der Waals surface area (Å²) in [6.07, 6.45) is -2.09. The number of hydrogen-bond donors (Lipinski definition) is 3. The maximum absolute atomic E-state index is 14.8. The number of hydrogen-bond acceptors (Lipinski definition) is 5. The molecule has 12 heteroatoms. The van der Waals surface area contributed by atoms with Crippen LogP contribution in [0, 0.1) is 35.4 Å². The monoisotopic (exact) mass is 755 g/mol. The molecule has 0 saturated carbocycles. The fourth-order valence-corrected chi connectivity index (χ4v) is 8.04. The van der Waals surface area contributed by atoms with Crippen LogP contribution in [0.5, 0.6) is 0 Å². The van der Waals surface area contributed by atoms with E-state index in [9.17, 15) is 36.7 Å². The zero-order valence-corrected chi connectivity index (χ0v) is 31.7. The molecule has 1 aliphatic heterocycles. The minimum atomic E-state index is -4.61. The Hall–Kier alpha value is -4.06. The van der Waals surface area contributed by atoms with Crippen molar-refractivity contribution in [2.75, 3.05) is 19.8 Å². The average Bonchev–Trinajstić information content (AvgIpc) is 3.53. The highest BCUT2D eigenvalue weighted by Gasteiger charge is 2.46.